The maximum Gasteiger partial charge on any atom is 0.244 e. The maximum atomic E-state index is 12.9. The number of primary amides is 1. The van der Waals surface area contributed by atoms with Gasteiger partial charge in [0.2, 0.25) is 11.8 Å². The van der Waals surface area contributed by atoms with Crippen LogP contribution in [0.25, 0.3) is 0 Å². The van der Waals surface area contributed by atoms with Gasteiger partial charge in [-0.15, -0.1) is 0 Å². The van der Waals surface area contributed by atoms with Crippen LogP contribution in [-0.2, 0) is 14.3 Å². The van der Waals surface area contributed by atoms with Crippen molar-refractivity contribution in [1.82, 2.24) is 5.32 Å². The predicted molar refractivity (Wildman–Crippen MR) is 70.0 cm³/mol. The first-order chi connectivity index (χ1) is 9.58. The molecule has 2 rings (SSSR count). The molecule has 2 atom stereocenters. The zero-order valence-corrected chi connectivity index (χ0v) is 11.0. The second-order valence-corrected chi connectivity index (χ2v) is 4.81. The van der Waals surface area contributed by atoms with Gasteiger partial charge in [-0.25, -0.2) is 4.39 Å². The van der Waals surface area contributed by atoms with Gasteiger partial charge in [0.05, 0.1) is 12.5 Å². The lowest BCUT2D eigenvalue weighted by Crippen LogP contribution is -2.42. The van der Waals surface area contributed by atoms with Gasteiger partial charge in [0, 0.05) is 6.61 Å². The van der Waals surface area contributed by atoms with Crippen LogP contribution in [0, 0.1) is 11.7 Å². The first-order valence-corrected chi connectivity index (χ1v) is 6.51. The van der Waals surface area contributed by atoms with Crippen molar-refractivity contribution < 1.29 is 18.7 Å². The Morgan fingerprint density at radius 2 is 2.05 bits per heavy atom. The Morgan fingerprint density at radius 3 is 2.60 bits per heavy atom. The van der Waals surface area contributed by atoms with Gasteiger partial charge in [0.15, 0.2) is 0 Å². The Balaban J connectivity index is 2.07. The lowest BCUT2D eigenvalue weighted by molar-refractivity contribution is -0.133. The molecule has 0 bridgehead atoms. The van der Waals surface area contributed by atoms with Crippen LogP contribution >= 0.6 is 0 Å². The van der Waals surface area contributed by atoms with Gasteiger partial charge in [-0.05, 0) is 30.5 Å². The van der Waals surface area contributed by atoms with Gasteiger partial charge >= 0.3 is 0 Å². The topological polar surface area (TPSA) is 81.4 Å². The first-order valence-electron chi connectivity index (χ1n) is 6.51. The van der Waals surface area contributed by atoms with E-state index in [9.17, 15) is 14.0 Å². The van der Waals surface area contributed by atoms with E-state index < -0.39 is 17.8 Å². The van der Waals surface area contributed by atoms with Crippen LogP contribution in [0.1, 0.15) is 24.4 Å². The largest absolute Gasteiger partial charge is 0.381 e. The minimum Gasteiger partial charge on any atom is -0.381 e. The highest BCUT2D eigenvalue weighted by molar-refractivity contribution is 5.88. The average Bonchev–Trinajstić information content (AvgIpc) is 2.46. The number of hydrogen-bond donors (Lipinski definition) is 2. The minimum absolute atomic E-state index is 0.266. The van der Waals surface area contributed by atoms with E-state index in [1.807, 2.05) is 0 Å². The summed E-state index contributed by atoms with van der Waals surface area (Å²) in [5.41, 5.74) is 5.77. The molecule has 1 aliphatic heterocycles. The highest BCUT2D eigenvalue weighted by Crippen LogP contribution is 2.18. The molecule has 3 N–H and O–H groups in total. The van der Waals surface area contributed by atoms with E-state index in [1.54, 1.807) is 0 Å². The quantitative estimate of drug-likeness (QED) is 0.859. The van der Waals surface area contributed by atoms with Crippen LogP contribution in [0.3, 0.4) is 0 Å². The second kappa shape index (κ2) is 6.47. The van der Waals surface area contributed by atoms with Crippen molar-refractivity contribution in [3.8, 4) is 0 Å². The molecular formula is C14H17FN2O3. The Hall–Kier alpha value is -1.95. The molecule has 6 heteroatoms. The zero-order valence-electron chi connectivity index (χ0n) is 11.0. The van der Waals surface area contributed by atoms with E-state index in [0.717, 1.165) is 12.8 Å². The van der Waals surface area contributed by atoms with Gasteiger partial charge in [-0.2, -0.15) is 0 Å². The predicted octanol–water partition coefficient (Wildman–Crippen LogP) is 0.895. The standard InChI is InChI=1S/C14H17FN2O3/c15-11-5-3-9(4-6-11)12(13(16)18)17-14(19)10-2-1-7-20-8-10/h3-6,10,12H,1-2,7-8H2,(H2,16,18)(H,17,19). The molecule has 0 saturated carbocycles. The molecule has 0 aromatic heterocycles. The summed E-state index contributed by atoms with van der Waals surface area (Å²) in [6.45, 7) is 1.00. The molecular weight excluding hydrogens is 263 g/mol. The molecule has 1 aromatic carbocycles. The van der Waals surface area contributed by atoms with Gasteiger partial charge in [0.1, 0.15) is 11.9 Å². The molecule has 2 amide bonds. The lowest BCUT2D eigenvalue weighted by atomic mass is 9.99. The molecule has 20 heavy (non-hydrogen) atoms. The van der Waals surface area contributed by atoms with E-state index in [0.29, 0.717) is 18.8 Å². The van der Waals surface area contributed by atoms with Crippen LogP contribution in [0.4, 0.5) is 4.39 Å². The number of benzene rings is 1. The van der Waals surface area contributed by atoms with Crippen LogP contribution in [0.15, 0.2) is 24.3 Å². The van der Waals surface area contributed by atoms with Crippen molar-refractivity contribution >= 4 is 11.8 Å². The fraction of sp³-hybridized carbons (Fsp3) is 0.429. The Labute approximate surface area is 116 Å². The van der Waals surface area contributed by atoms with Crippen molar-refractivity contribution in [3.05, 3.63) is 35.6 Å². The normalized spacial score (nSPS) is 20.1. The van der Waals surface area contributed by atoms with Crippen LogP contribution in [0.2, 0.25) is 0 Å². The number of halogens is 1. The molecule has 108 valence electrons. The van der Waals surface area contributed by atoms with E-state index in [1.165, 1.54) is 24.3 Å². The third-order valence-corrected chi connectivity index (χ3v) is 3.31. The number of carbonyl (C=O) groups excluding carboxylic acids is 2. The molecule has 1 aromatic rings. The highest BCUT2D eigenvalue weighted by atomic mass is 19.1. The minimum atomic E-state index is -0.954. The fourth-order valence-corrected chi connectivity index (χ4v) is 2.18. The summed E-state index contributed by atoms with van der Waals surface area (Å²) < 4.78 is 18.1. The summed E-state index contributed by atoms with van der Waals surface area (Å²) in [7, 11) is 0. The molecule has 5 nitrogen and oxygen atoms in total. The van der Waals surface area contributed by atoms with E-state index >= 15 is 0 Å². The third kappa shape index (κ3) is 3.54. The van der Waals surface area contributed by atoms with Gasteiger partial charge < -0.3 is 15.8 Å². The summed E-state index contributed by atoms with van der Waals surface area (Å²) in [6, 6.07) is 4.36. The van der Waals surface area contributed by atoms with Crippen LogP contribution < -0.4 is 11.1 Å². The maximum absolute atomic E-state index is 12.9. The van der Waals surface area contributed by atoms with Gasteiger partial charge in [-0.1, -0.05) is 12.1 Å². The molecule has 0 radical (unpaired) electrons. The fourth-order valence-electron chi connectivity index (χ4n) is 2.18. The number of hydrogen-bond acceptors (Lipinski definition) is 3. The number of amides is 2. The Morgan fingerprint density at radius 1 is 1.35 bits per heavy atom. The van der Waals surface area contributed by atoms with Crippen LogP contribution in [0.5, 0.6) is 0 Å². The summed E-state index contributed by atoms with van der Waals surface area (Å²) in [4.78, 5) is 23.6. The van der Waals surface area contributed by atoms with Crippen LogP contribution in [-0.4, -0.2) is 25.0 Å². The summed E-state index contributed by atoms with van der Waals surface area (Å²) in [5.74, 6) is -1.63. The smallest absolute Gasteiger partial charge is 0.244 e. The van der Waals surface area contributed by atoms with Crippen molar-refractivity contribution in [2.75, 3.05) is 13.2 Å². The van der Waals surface area contributed by atoms with Gasteiger partial charge in [0.25, 0.3) is 0 Å². The number of nitrogens with one attached hydrogen (secondary N) is 1. The summed E-state index contributed by atoms with van der Waals surface area (Å²) in [6.07, 6.45) is 1.54. The highest BCUT2D eigenvalue weighted by Gasteiger charge is 2.26. The second-order valence-electron chi connectivity index (χ2n) is 4.81. The monoisotopic (exact) mass is 280 g/mol. The molecule has 1 heterocycles. The molecule has 0 spiro atoms. The molecule has 2 unspecified atom stereocenters. The van der Waals surface area contributed by atoms with Crippen molar-refractivity contribution in [1.29, 1.82) is 0 Å². The SMILES string of the molecule is NC(=O)C(NC(=O)C1CCCOC1)c1ccc(F)cc1. The van der Waals surface area contributed by atoms with E-state index in [2.05, 4.69) is 5.32 Å². The number of nitrogens with two attached hydrogens (primary N) is 1. The van der Waals surface area contributed by atoms with E-state index in [-0.39, 0.29) is 11.8 Å². The number of rotatable bonds is 4. The van der Waals surface area contributed by atoms with E-state index in [4.69, 9.17) is 10.5 Å². The first kappa shape index (κ1) is 14.5. The lowest BCUT2D eigenvalue weighted by Gasteiger charge is -2.24. The number of carbonyl (C=O) groups is 2. The number of ether oxygens (including phenoxy) is 1. The molecule has 1 fully saturated rings. The summed E-state index contributed by atoms with van der Waals surface area (Å²) >= 11 is 0. The van der Waals surface area contributed by atoms with Crippen molar-refractivity contribution in [2.24, 2.45) is 11.7 Å². The Bertz CT molecular complexity index is 484. The van der Waals surface area contributed by atoms with Gasteiger partial charge in [-0.3, -0.25) is 9.59 Å². The summed E-state index contributed by atoms with van der Waals surface area (Å²) in [5, 5.41) is 2.61. The Kier molecular flexibility index (Phi) is 4.68. The van der Waals surface area contributed by atoms with Crippen molar-refractivity contribution in [2.45, 2.75) is 18.9 Å². The average molecular weight is 280 g/mol. The zero-order chi connectivity index (χ0) is 14.5. The molecule has 0 aliphatic carbocycles. The molecule has 1 saturated heterocycles. The van der Waals surface area contributed by atoms with Crippen molar-refractivity contribution in [3.63, 3.8) is 0 Å². The third-order valence-electron chi connectivity index (χ3n) is 3.31. The molecule has 1 aliphatic rings.